The van der Waals surface area contributed by atoms with Gasteiger partial charge in [0, 0.05) is 21.5 Å². The first kappa shape index (κ1) is 21.9. The maximum atomic E-state index is 12.8. The van der Waals surface area contributed by atoms with Gasteiger partial charge in [0.05, 0.1) is 20.1 Å². The molecule has 156 valence electrons. The second kappa shape index (κ2) is 9.78. The van der Waals surface area contributed by atoms with E-state index in [0.29, 0.717) is 26.9 Å². The van der Waals surface area contributed by atoms with Crippen LogP contribution in [0.4, 0.5) is 5.00 Å². The van der Waals surface area contributed by atoms with Crippen molar-refractivity contribution in [1.82, 2.24) is 0 Å². The molecule has 0 spiro atoms. The summed E-state index contributed by atoms with van der Waals surface area (Å²) in [5.41, 5.74) is 3.62. The number of ether oxygens (including phenoxy) is 2. The minimum Gasteiger partial charge on any atom is -0.496 e. The van der Waals surface area contributed by atoms with Crippen molar-refractivity contribution in [2.45, 2.75) is 20.3 Å². The Balaban J connectivity index is 1.95. The summed E-state index contributed by atoms with van der Waals surface area (Å²) in [5.74, 6) is -0.0745. The van der Waals surface area contributed by atoms with Crippen LogP contribution in [-0.2, 0) is 16.0 Å². The molecule has 0 aliphatic rings. The predicted molar refractivity (Wildman–Crippen MR) is 121 cm³/mol. The minimum absolute atomic E-state index is 0.167. The van der Waals surface area contributed by atoms with Crippen molar-refractivity contribution in [3.63, 3.8) is 0 Å². The van der Waals surface area contributed by atoms with Gasteiger partial charge in [0.25, 0.3) is 0 Å². The van der Waals surface area contributed by atoms with Crippen molar-refractivity contribution >= 4 is 39.8 Å². The number of methoxy groups -OCH3 is 1. The first-order valence-corrected chi connectivity index (χ1v) is 10.7. The second-order valence-electron chi connectivity index (χ2n) is 6.63. The topological polar surface area (TPSA) is 64.6 Å². The van der Waals surface area contributed by atoms with Gasteiger partial charge in [-0.1, -0.05) is 35.4 Å². The number of carbonyl (C=O) groups excluding carboxylic acids is 2. The standard InChI is InChI=1S/C23H22ClNO4S/c1-4-29-23(27)21-18(17-11-14(2)5-10-19(17)28-3)13-30-22(21)25-20(26)12-15-6-8-16(24)9-7-15/h5-11,13H,4,12H2,1-3H3,(H,25,26). The number of esters is 1. The van der Waals surface area contributed by atoms with Gasteiger partial charge in [0.2, 0.25) is 5.91 Å². The molecule has 2 aromatic carbocycles. The normalized spacial score (nSPS) is 10.5. The van der Waals surface area contributed by atoms with Crippen LogP contribution in [0.1, 0.15) is 28.4 Å². The first-order valence-electron chi connectivity index (χ1n) is 9.40. The molecule has 1 amide bonds. The third-order valence-corrected chi connectivity index (χ3v) is 5.59. The Morgan fingerprint density at radius 3 is 2.50 bits per heavy atom. The lowest BCUT2D eigenvalue weighted by atomic mass is 10.0. The van der Waals surface area contributed by atoms with Gasteiger partial charge in [-0.15, -0.1) is 11.3 Å². The maximum absolute atomic E-state index is 12.8. The Hall–Kier alpha value is -2.83. The number of hydrogen-bond donors (Lipinski definition) is 1. The van der Waals surface area contributed by atoms with Gasteiger partial charge in [-0.3, -0.25) is 4.79 Å². The summed E-state index contributed by atoms with van der Waals surface area (Å²) in [7, 11) is 1.58. The van der Waals surface area contributed by atoms with Crippen LogP contribution in [0.3, 0.4) is 0 Å². The zero-order valence-corrected chi connectivity index (χ0v) is 18.5. The molecule has 0 aliphatic heterocycles. The number of rotatable bonds is 7. The Bertz CT molecular complexity index is 1060. The molecule has 0 saturated carbocycles. The van der Waals surface area contributed by atoms with Crippen molar-refractivity contribution in [2.75, 3.05) is 19.0 Å². The quantitative estimate of drug-likeness (QED) is 0.472. The van der Waals surface area contributed by atoms with Crippen molar-refractivity contribution in [2.24, 2.45) is 0 Å². The third kappa shape index (κ3) is 5.01. The lowest BCUT2D eigenvalue weighted by Crippen LogP contribution is -2.16. The van der Waals surface area contributed by atoms with Gasteiger partial charge in [-0.25, -0.2) is 4.79 Å². The highest BCUT2D eigenvalue weighted by atomic mass is 35.5. The largest absolute Gasteiger partial charge is 0.496 e. The number of thiophene rings is 1. The molecule has 0 saturated heterocycles. The molecule has 7 heteroatoms. The molecule has 5 nitrogen and oxygen atoms in total. The number of amides is 1. The molecule has 3 rings (SSSR count). The number of nitrogens with one attached hydrogen (secondary N) is 1. The highest BCUT2D eigenvalue weighted by molar-refractivity contribution is 7.15. The third-order valence-electron chi connectivity index (χ3n) is 4.45. The van der Waals surface area contributed by atoms with E-state index in [4.69, 9.17) is 21.1 Å². The fraction of sp³-hybridized carbons (Fsp3) is 0.217. The monoisotopic (exact) mass is 443 g/mol. The van der Waals surface area contributed by atoms with E-state index in [1.807, 2.05) is 30.5 Å². The van der Waals surface area contributed by atoms with E-state index in [2.05, 4.69) is 5.32 Å². The molecular formula is C23H22ClNO4S. The Morgan fingerprint density at radius 2 is 1.83 bits per heavy atom. The van der Waals surface area contributed by atoms with Crippen molar-refractivity contribution < 1.29 is 19.1 Å². The number of aryl methyl sites for hydroxylation is 1. The fourth-order valence-electron chi connectivity index (χ4n) is 3.04. The van der Waals surface area contributed by atoms with Crippen LogP contribution >= 0.6 is 22.9 Å². The summed E-state index contributed by atoms with van der Waals surface area (Å²) < 4.78 is 10.7. The van der Waals surface area contributed by atoms with Crippen molar-refractivity contribution in [3.05, 3.63) is 69.6 Å². The average molecular weight is 444 g/mol. The fourth-order valence-corrected chi connectivity index (χ4v) is 4.14. The van der Waals surface area contributed by atoms with Crippen LogP contribution in [0.15, 0.2) is 47.8 Å². The van der Waals surface area contributed by atoms with Gasteiger partial charge in [-0.05, 0) is 43.7 Å². The van der Waals surface area contributed by atoms with Crippen LogP contribution in [0, 0.1) is 6.92 Å². The molecule has 0 unspecified atom stereocenters. The molecule has 3 aromatic rings. The van der Waals surface area contributed by atoms with E-state index in [1.165, 1.54) is 11.3 Å². The Kier molecular flexibility index (Phi) is 7.13. The number of hydrogen-bond acceptors (Lipinski definition) is 5. The molecule has 0 atom stereocenters. The molecule has 1 N–H and O–H groups in total. The van der Waals surface area contributed by atoms with Gasteiger partial charge < -0.3 is 14.8 Å². The summed E-state index contributed by atoms with van der Waals surface area (Å²) in [6.07, 6.45) is 0.167. The predicted octanol–water partition coefficient (Wildman–Crippen LogP) is 5.74. The lowest BCUT2D eigenvalue weighted by molar-refractivity contribution is -0.115. The Labute approximate surface area is 184 Å². The first-order chi connectivity index (χ1) is 14.4. The zero-order chi connectivity index (χ0) is 21.7. The van der Waals surface area contributed by atoms with E-state index in [-0.39, 0.29) is 18.9 Å². The number of halogens is 1. The molecule has 0 radical (unpaired) electrons. The number of anilines is 1. The molecule has 0 aliphatic carbocycles. The zero-order valence-electron chi connectivity index (χ0n) is 17.0. The van der Waals surface area contributed by atoms with Crippen LogP contribution in [0.2, 0.25) is 5.02 Å². The molecule has 1 aromatic heterocycles. The lowest BCUT2D eigenvalue weighted by Gasteiger charge is -2.12. The molecule has 0 bridgehead atoms. The van der Waals surface area contributed by atoms with Crippen LogP contribution in [-0.4, -0.2) is 25.6 Å². The summed E-state index contributed by atoms with van der Waals surface area (Å²) in [5, 5.41) is 5.75. The van der Waals surface area contributed by atoms with Gasteiger partial charge >= 0.3 is 5.97 Å². The van der Waals surface area contributed by atoms with E-state index >= 15 is 0 Å². The molecular weight excluding hydrogens is 422 g/mol. The Morgan fingerprint density at radius 1 is 1.10 bits per heavy atom. The van der Waals surface area contributed by atoms with Gasteiger partial charge in [0.15, 0.2) is 0 Å². The summed E-state index contributed by atoms with van der Waals surface area (Å²) in [4.78, 5) is 25.4. The van der Waals surface area contributed by atoms with E-state index in [0.717, 1.165) is 16.7 Å². The second-order valence-corrected chi connectivity index (χ2v) is 7.95. The number of carbonyl (C=O) groups is 2. The highest BCUT2D eigenvalue weighted by Gasteiger charge is 2.24. The van der Waals surface area contributed by atoms with Crippen LogP contribution in [0.5, 0.6) is 5.75 Å². The van der Waals surface area contributed by atoms with Gasteiger partial charge in [0.1, 0.15) is 16.3 Å². The van der Waals surface area contributed by atoms with Gasteiger partial charge in [-0.2, -0.15) is 0 Å². The van der Waals surface area contributed by atoms with Crippen molar-refractivity contribution in [3.8, 4) is 16.9 Å². The minimum atomic E-state index is -0.487. The SMILES string of the molecule is CCOC(=O)c1c(-c2cc(C)ccc2OC)csc1NC(=O)Cc1ccc(Cl)cc1. The molecule has 0 fully saturated rings. The van der Waals surface area contributed by atoms with E-state index in [9.17, 15) is 9.59 Å². The molecule has 30 heavy (non-hydrogen) atoms. The van der Waals surface area contributed by atoms with E-state index < -0.39 is 5.97 Å². The highest BCUT2D eigenvalue weighted by Crippen LogP contribution is 2.40. The molecule has 1 heterocycles. The van der Waals surface area contributed by atoms with E-state index in [1.54, 1.807) is 38.3 Å². The average Bonchev–Trinajstić information content (AvgIpc) is 3.13. The summed E-state index contributed by atoms with van der Waals surface area (Å²) in [6.45, 7) is 3.95. The van der Waals surface area contributed by atoms with Crippen LogP contribution in [0.25, 0.3) is 11.1 Å². The summed E-state index contributed by atoms with van der Waals surface area (Å²) >= 11 is 7.18. The maximum Gasteiger partial charge on any atom is 0.341 e. The summed E-state index contributed by atoms with van der Waals surface area (Å²) in [6, 6.07) is 12.8. The van der Waals surface area contributed by atoms with Crippen LogP contribution < -0.4 is 10.1 Å². The van der Waals surface area contributed by atoms with Crippen molar-refractivity contribution in [1.29, 1.82) is 0 Å². The number of benzene rings is 2. The smallest absolute Gasteiger partial charge is 0.341 e.